The first-order chi connectivity index (χ1) is 5.29. The number of rotatable bonds is 2. The topological polar surface area (TPSA) is 121 Å². The quantitative estimate of drug-likeness (QED) is 0.483. The second kappa shape index (κ2) is 17.8. The molecule has 0 aliphatic heterocycles. The number of hydrogen-bond acceptors (Lipinski definition) is 6. The number of carbonyl (C=O) groups is 2. The molecule has 0 radical (unpaired) electrons. The van der Waals surface area contributed by atoms with Gasteiger partial charge in [0.2, 0.25) is 0 Å². The first kappa shape index (κ1) is 29.9. The number of aliphatic hydroxyl groups excluding tert-OH is 2. The van der Waals surface area contributed by atoms with E-state index in [9.17, 15) is 19.8 Å². The second-order valence-corrected chi connectivity index (χ2v) is 1.99. The standard InChI is InChI=1S/2C3H6O3.Ca.ClH.Na/c2*1-2(4)3(5)6;;;/h2*2,4H,1H3,(H,5,6);;1H;/q;;+2;;+1/p-3. The molecule has 0 saturated heterocycles. The van der Waals surface area contributed by atoms with Crippen LogP contribution in [-0.2, 0) is 9.59 Å². The Morgan fingerprint density at radius 3 is 1.07 bits per heavy atom. The normalized spacial score (nSPS) is 10.9. The fourth-order valence-corrected chi connectivity index (χ4v) is 0. The molecule has 2 N–H and O–H groups in total. The van der Waals surface area contributed by atoms with Gasteiger partial charge >= 0.3 is 67.3 Å². The van der Waals surface area contributed by atoms with Crippen molar-refractivity contribution in [2.45, 2.75) is 26.1 Å². The van der Waals surface area contributed by atoms with Crippen LogP contribution in [0.3, 0.4) is 0 Å². The van der Waals surface area contributed by atoms with Crippen molar-refractivity contribution in [1.29, 1.82) is 0 Å². The molecule has 9 heteroatoms. The zero-order valence-corrected chi connectivity index (χ0v) is 13.7. The second-order valence-electron chi connectivity index (χ2n) is 1.99. The van der Waals surface area contributed by atoms with E-state index in [4.69, 9.17) is 10.2 Å². The molecule has 0 bridgehead atoms. The molecule has 0 saturated carbocycles. The van der Waals surface area contributed by atoms with Gasteiger partial charge in [-0.3, -0.25) is 0 Å². The molecule has 80 valence electrons. The monoisotopic (exact) mass is 276 g/mol. The smallest absolute Gasteiger partial charge is 1.00 e. The van der Waals surface area contributed by atoms with Crippen LogP contribution in [0.5, 0.6) is 0 Å². The maximum Gasteiger partial charge on any atom is 2.00 e. The molecule has 0 fully saturated rings. The predicted octanol–water partition coefficient (Wildman–Crippen LogP) is -10.1. The third kappa shape index (κ3) is 31.3. The van der Waals surface area contributed by atoms with Crippen molar-refractivity contribution in [2.24, 2.45) is 0 Å². The van der Waals surface area contributed by atoms with Crippen molar-refractivity contribution in [2.75, 3.05) is 0 Å². The van der Waals surface area contributed by atoms with Gasteiger partial charge < -0.3 is 42.4 Å². The zero-order valence-electron chi connectivity index (χ0n) is 8.77. The van der Waals surface area contributed by atoms with E-state index in [1.165, 1.54) is 0 Å². The van der Waals surface area contributed by atoms with Gasteiger partial charge in [-0.1, -0.05) is 0 Å². The SMILES string of the molecule is CC(O)C(=O)[O-].CC(O)C(=O)[O-].[Ca+2].[Cl-].[Na+]. The molecule has 0 aromatic rings. The third-order valence-electron chi connectivity index (χ3n) is 0.682. The van der Waals surface area contributed by atoms with E-state index in [0.29, 0.717) is 0 Å². The van der Waals surface area contributed by atoms with E-state index in [1.807, 2.05) is 0 Å². The largest absolute Gasteiger partial charge is 2.00 e. The first-order valence-electron chi connectivity index (χ1n) is 3.06. The molecule has 0 rings (SSSR count). The Bertz CT molecular complexity index is 148. The van der Waals surface area contributed by atoms with Crippen molar-refractivity contribution in [1.82, 2.24) is 0 Å². The Morgan fingerprint density at radius 2 is 1.07 bits per heavy atom. The van der Waals surface area contributed by atoms with Crippen LogP contribution in [0.15, 0.2) is 0 Å². The van der Waals surface area contributed by atoms with Gasteiger partial charge in [-0.15, -0.1) is 0 Å². The summed E-state index contributed by atoms with van der Waals surface area (Å²) in [6, 6.07) is 0. The van der Waals surface area contributed by atoms with Gasteiger partial charge in [0, 0.05) is 0 Å². The van der Waals surface area contributed by atoms with E-state index >= 15 is 0 Å². The molecule has 0 aromatic heterocycles. The van der Waals surface area contributed by atoms with Gasteiger partial charge in [0.1, 0.15) is 0 Å². The van der Waals surface area contributed by atoms with E-state index in [-0.39, 0.29) is 79.7 Å². The summed E-state index contributed by atoms with van der Waals surface area (Å²) < 4.78 is 0. The Morgan fingerprint density at radius 1 is 1.00 bits per heavy atom. The molecule has 2 atom stereocenters. The number of halogens is 1. The number of carboxylic acids is 2. The van der Waals surface area contributed by atoms with Gasteiger partial charge in [0.05, 0.1) is 24.1 Å². The maximum atomic E-state index is 9.34. The Kier molecular flexibility index (Phi) is 35.5. The van der Waals surface area contributed by atoms with Gasteiger partial charge in [0.15, 0.2) is 0 Å². The Hall–Kier alpha value is 1.41. The van der Waals surface area contributed by atoms with Gasteiger partial charge in [-0.2, -0.15) is 0 Å². The van der Waals surface area contributed by atoms with E-state index in [0.717, 1.165) is 13.8 Å². The number of aliphatic hydroxyl groups is 2. The maximum absolute atomic E-state index is 9.34. The van der Waals surface area contributed by atoms with E-state index in [1.54, 1.807) is 0 Å². The molecule has 6 nitrogen and oxygen atoms in total. The molecule has 0 aliphatic carbocycles. The average Bonchev–Trinajstić information content (AvgIpc) is 1.88. The summed E-state index contributed by atoms with van der Waals surface area (Å²) in [7, 11) is 0. The van der Waals surface area contributed by atoms with E-state index in [2.05, 4.69) is 0 Å². The summed E-state index contributed by atoms with van der Waals surface area (Å²) in [5.74, 6) is -2.87. The van der Waals surface area contributed by atoms with Crippen molar-refractivity contribution in [3.63, 3.8) is 0 Å². The Balaban J connectivity index is -0.0000000370. The number of carboxylic acid groups (broad SMARTS) is 2. The van der Waals surface area contributed by atoms with E-state index < -0.39 is 24.1 Å². The fraction of sp³-hybridized carbons (Fsp3) is 0.667. The van der Waals surface area contributed by atoms with Gasteiger partial charge in [-0.05, 0) is 13.8 Å². The van der Waals surface area contributed by atoms with Crippen molar-refractivity contribution in [3.8, 4) is 0 Å². The predicted molar refractivity (Wildman–Crippen MR) is 39.1 cm³/mol. The number of hydrogen-bond donors (Lipinski definition) is 2. The molecule has 2 unspecified atom stereocenters. The molecule has 0 amide bonds. The van der Waals surface area contributed by atoms with Crippen LogP contribution in [0, 0.1) is 0 Å². The average molecular weight is 277 g/mol. The number of aliphatic carboxylic acids is 2. The zero-order chi connectivity index (χ0) is 10.3. The van der Waals surface area contributed by atoms with Crippen molar-refractivity contribution < 1.29 is 72.0 Å². The van der Waals surface area contributed by atoms with Crippen LogP contribution >= 0.6 is 0 Å². The minimum absolute atomic E-state index is 0. The fourth-order valence-electron chi connectivity index (χ4n) is 0. The molecule has 0 spiro atoms. The summed E-state index contributed by atoms with van der Waals surface area (Å²) >= 11 is 0. The van der Waals surface area contributed by atoms with Crippen LogP contribution in [0.2, 0.25) is 0 Å². The van der Waals surface area contributed by atoms with Crippen LogP contribution in [0.4, 0.5) is 0 Å². The third-order valence-corrected chi connectivity index (χ3v) is 0.682. The molecule has 15 heavy (non-hydrogen) atoms. The van der Waals surface area contributed by atoms with Crippen LogP contribution in [-0.4, -0.2) is 72.1 Å². The van der Waals surface area contributed by atoms with Crippen molar-refractivity contribution in [3.05, 3.63) is 0 Å². The number of carbonyl (C=O) groups excluding carboxylic acids is 2. The van der Waals surface area contributed by atoms with Gasteiger partial charge in [-0.25, -0.2) is 0 Å². The summed E-state index contributed by atoms with van der Waals surface area (Å²) in [6.07, 6.45) is -2.69. The molecule has 0 heterocycles. The molecular formula is C6H10CaClNaO6. The summed E-state index contributed by atoms with van der Waals surface area (Å²) in [6.45, 7) is 2.27. The minimum Gasteiger partial charge on any atom is -1.00 e. The first-order valence-corrected chi connectivity index (χ1v) is 3.06. The Labute approximate surface area is 146 Å². The summed E-state index contributed by atoms with van der Waals surface area (Å²) in [5, 5.41) is 34.6. The summed E-state index contributed by atoms with van der Waals surface area (Å²) in [4.78, 5) is 18.7. The van der Waals surface area contributed by atoms with Crippen molar-refractivity contribution >= 4 is 49.7 Å². The van der Waals surface area contributed by atoms with Gasteiger partial charge in [0.25, 0.3) is 0 Å². The van der Waals surface area contributed by atoms with Crippen LogP contribution < -0.4 is 52.2 Å². The summed E-state index contributed by atoms with van der Waals surface area (Å²) in [5.41, 5.74) is 0. The molecular weight excluding hydrogens is 267 g/mol. The van der Waals surface area contributed by atoms with Crippen LogP contribution in [0.1, 0.15) is 13.8 Å². The van der Waals surface area contributed by atoms with Crippen LogP contribution in [0.25, 0.3) is 0 Å². The molecule has 0 aliphatic rings. The minimum atomic E-state index is -1.44. The molecule has 0 aromatic carbocycles.